The third-order valence-electron chi connectivity index (χ3n) is 10.6. The molecule has 1 heterocycles. The van der Waals surface area contributed by atoms with E-state index in [1.165, 1.54) is 23.3 Å². The van der Waals surface area contributed by atoms with E-state index >= 15 is 0 Å². The zero-order valence-electron chi connectivity index (χ0n) is 30.9. The van der Waals surface area contributed by atoms with Crippen molar-refractivity contribution in [1.82, 2.24) is 9.62 Å². The van der Waals surface area contributed by atoms with E-state index in [9.17, 15) is 23.3 Å². The van der Waals surface area contributed by atoms with E-state index < -0.39 is 20.9 Å². The van der Waals surface area contributed by atoms with Crippen LogP contribution in [0.5, 0.6) is 0 Å². The Morgan fingerprint density at radius 3 is 2.20 bits per heavy atom. The lowest BCUT2D eigenvalue weighted by Crippen LogP contribution is -2.46. The molecule has 1 aliphatic heterocycles. The quantitative estimate of drug-likeness (QED) is 0.0681. The zero-order chi connectivity index (χ0) is 39.1. The predicted octanol–water partition coefficient (Wildman–Crippen LogP) is 9.26. The van der Waals surface area contributed by atoms with Crippen LogP contribution in [0.15, 0.2) is 131 Å². The highest BCUT2D eigenvalue weighted by Gasteiger charge is 2.35. The van der Waals surface area contributed by atoms with Crippen LogP contribution in [0.3, 0.4) is 0 Å². The van der Waals surface area contributed by atoms with Gasteiger partial charge in [-0.3, -0.25) is 19.8 Å². The number of hydrogen-bond donors (Lipinski definition) is 2. The number of nitro benzene ring substituents is 1. The molecule has 0 bridgehead atoms. The van der Waals surface area contributed by atoms with E-state index in [1.54, 1.807) is 23.9 Å². The van der Waals surface area contributed by atoms with Gasteiger partial charge in [-0.2, -0.15) is 0 Å². The SMILES string of the molecule is O=C(NS(=O)(=O)c1ccc(NC2(CSc3ccccc3)CCCCC2)c([N+](=O)[O-])c1)c1ccc(N2CCN(Cc3ccccc3-c3ccc(Cl)cc3)CC2)cc1. The summed E-state index contributed by atoms with van der Waals surface area (Å²) in [6.45, 7) is 4.10. The van der Waals surface area contributed by atoms with Gasteiger partial charge in [0, 0.05) is 71.3 Å². The van der Waals surface area contributed by atoms with Crippen molar-refractivity contribution in [1.29, 1.82) is 0 Å². The number of nitro groups is 1. The van der Waals surface area contributed by atoms with Crippen LogP contribution in [0, 0.1) is 10.1 Å². The molecular weight excluding hydrogens is 766 g/mol. The number of amides is 1. The molecule has 0 spiro atoms. The van der Waals surface area contributed by atoms with Gasteiger partial charge in [-0.15, -0.1) is 11.8 Å². The van der Waals surface area contributed by atoms with Crippen molar-refractivity contribution >= 4 is 56.4 Å². The molecule has 56 heavy (non-hydrogen) atoms. The Hall–Kier alpha value is -4.88. The number of carbonyl (C=O) groups excluding carboxylic acids is 1. The van der Waals surface area contributed by atoms with Crippen molar-refractivity contribution in [3.8, 4) is 11.1 Å². The van der Waals surface area contributed by atoms with Gasteiger partial charge in [0.25, 0.3) is 21.6 Å². The number of carbonyl (C=O) groups is 1. The van der Waals surface area contributed by atoms with Crippen molar-refractivity contribution in [3.63, 3.8) is 0 Å². The number of thioether (sulfide) groups is 1. The summed E-state index contributed by atoms with van der Waals surface area (Å²) in [6.07, 6.45) is 4.77. The molecule has 2 N–H and O–H groups in total. The summed E-state index contributed by atoms with van der Waals surface area (Å²) in [6, 6.07) is 36.9. The van der Waals surface area contributed by atoms with E-state index in [-0.39, 0.29) is 27.4 Å². The summed E-state index contributed by atoms with van der Waals surface area (Å²) in [7, 11) is -4.42. The molecule has 2 fully saturated rings. The molecule has 290 valence electrons. The average Bonchev–Trinajstić information content (AvgIpc) is 3.21. The first kappa shape index (κ1) is 39.4. The molecule has 7 rings (SSSR count). The first-order chi connectivity index (χ1) is 27.1. The lowest BCUT2D eigenvalue weighted by Gasteiger charge is -2.38. The number of sulfonamides is 1. The predicted molar refractivity (Wildman–Crippen MR) is 225 cm³/mol. The number of piperazine rings is 1. The Morgan fingerprint density at radius 2 is 1.50 bits per heavy atom. The van der Waals surface area contributed by atoms with Gasteiger partial charge >= 0.3 is 0 Å². The Morgan fingerprint density at radius 1 is 0.821 bits per heavy atom. The van der Waals surface area contributed by atoms with E-state index in [1.807, 2.05) is 72.8 Å². The Bertz CT molecular complexity index is 2260. The minimum absolute atomic E-state index is 0.165. The van der Waals surface area contributed by atoms with Crippen LogP contribution in [-0.2, 0) is 16.6 Å². The highest BCUT2D eigenvalue weighted by Crippen LogP contribution is 2.39. The summed E-state index contributed by atoms with van der Waals surface area (Å²) in [5.74, 6) is -0.107. The van der Waals surface area contributed by atoms with Crippen molar-refractivity contribution in [2.24, 2.45) is 0 Å². The minimum atomic E-state index is -4.42. The van der Waals surface area contributed by atoms with Crippen molar-refractivity contribution < 1.29 is 18.1 Å². The van der Waals surface area contributed by atoms with Crippen LogP contribution >= 0.6 is 23.4 Å². The number of nitrogens with one attached hydrogen (secondary N) is 2. The topological polar surface area (TPSA) is 125 Å². The molecule has 0 unspecified atom stereocenters. The molecule has 1 saturated carbocycles. The summed E-state index contributed by atoms with van der Waals surface area (Å²) in [5.41, 5.74) is 4.18. The number of benzene rings is 5. The van der Waals surface area contributed by atoms with Crippen molar-refractivity contribution in [2.75, 3.05) is 42.1 Å². The summed E-state index contributed by atoms with van der Waals surface area (Å²) in [5, 5.41) is 16.4. The molecule has 5 aromatic rings. The van der Waals surface area contributed by atoms with Gasteiger partial charge in [0.1, 0.15) is 5.69 Å². The molecule has 13 heteroatoms. The number of anilines is 2. The molecule has 1 amide bonds. The van der Waals surface area contributed by atoms with Crippen LogP contribution in [0.1, 0.15) is 48.0 Å². The first-order valence-corrected chi connectivity index (χ1v) is 21.7. The van der Waals surface area contributed by atoms with E-state index in [4.69, 9.17) is 11.6 Å². The standard InChI is InChI=1S/C43H44ClN5O5S2/c44-35-17-13-32(14-18-35)39-12-6-5-9-34(39)30-47-25-27-48(28-26-47)36-19-15-33(16-20-36)42(50)46-56(53,54)38-21-22-40(41(29-38)49(51)52)45-43(23-7-2-8-24-43)31-55-37-10-3-1-4-11-37/h1,3-6,9-22,29,45H,2,7-8,23-28,30-31H2,(H,46,50). The smallest absolute Gasteiger partial charge is 0.293 e. The monoisotopic (exact) mass is 809 g/mol. The van der Waals surface area contributed by atoms with Gasteiger partial charge < -0.3 is 10.2 Å². The second kappa shape index (κ2) is 17.5. The molecule has 0 aromatic heterocycles. The van der Waals surface area contributed by atoms with Crippen LogP contribution in [0.2, 0.25) is 5.02 Å². The van der Waals surface area contributed by atoms with Crippen LogP contribution in [0.4, 0.5) is 17.1 Å². The van der Waals surface area contributed by atoms with E-state index in [2.05, 4.69) is 38.0 Å². The second-order valence-electron chi connectivity index (χ2n) is 14.4. The minimum Gasteiger partial charge on any atom is -0.373 e. The highest BCUT2D eigenvalue weighted by atomic mass is 35.5. The molecule has 0 radical (unpaired) electrons. The van der Waals surface area contributed by atoms with Crippen molar-refractivity contribution in [3.05, 3.63) is 148 Å². The number of halogens is 1. The summed E-state index contributed by atoms with van der Waals surface area (Å²) < 4.78 is 28.9. The van der Waals surface area contributed by atoms with E-state index in [0.717, 1.165) is 87.0 Å². The maximum Gasteiger partial charge on any atom is 0.293 e. The van der Waals surface area contributed by atoms with Crippen LogP contribution < -0.4 is 14.9 Å². The maximum absolute atomic E-state index is 13.4. The third kappa shape index (κ3) is 9.55. The maximum atomic E-state index is 13.4. The number of hydrogen-bond acceptors (Lipinski definition) is 9. The average molecular weight is 810 g/mol. The normalized spacial score (nSPS) is 15.9. The summed E-state index contributed by atoms with van der Waals surface area (Å²) in [4.78, 5) is 30.3. The molecule has 5 aromatic carbocycles. The molecule has 10 nitrogen and oxygen atoms in total. The van der Waals surface area contributed by atoms with Crippen LogP contribution in [0.25, 0.3) is 11.1 Å². The fraction of sp³-hybridized carbons (Fsp3) is 0.279. The fourth-order valence-corrected chi connectivity index (χ4v) is 9.80. The van der Waals surface area contributed by atoms with Gasteiger partial charge in [-0.05, 0) is 90.2 Å². The second-order valence-corrected chi connectivity index (χ2v) is 17.6. The Labute approximate surface area is 337 Å². The van der Waals surface area contributed by atoms with Gasteiger partial charge in [-0.25, -0.2) is 13.1 Å². The van der Waals surface area contributed by atoms with E-state index in [0.29, 0.717) is 10.8 Å². The molecular formula is C43H44ClN5O5S2. The largest absolute Gasteiger partial charge is 0.373 e. The lowest BCUT2D eigenvalue weighted by molar-refractivity contribution is -0.384. The third-order valence-corrected chi connectivity index (χ3v) is 13.5. The Kier molecular flexibility index (Phi) is 12.3. The van der Waals surface area contributed by atoms with Gasteiger partial charge in [0.05, 0.1) is 9.82 Å². The molecule has 1 saturated heterocycles. The highest BCUT2D eigenvalue weighted by molar-refractivity contribution is 7.99. The summed E-state index contributed by atoms with van der Waals surface area (Å²) >= 11 is 7.81. The lowest BCUT2D eigenvalue weighted by atomic mass is 9.83. The zero-order valence-corrected chi connectivity index (χ0v) is 33.3. The van der Waals surface area contributed by atoms with Gasteiger partial charge in [-0.1, -0.05) is 85.5 Å². The van der Waals surface area contributed by atoms with Crippen LogP contribution in [-0.4, -0.2) is 61.6 Å². The number of nitrogens with zero attached hydrogens (tertiary/aromatic N) is 3. The molecule has 1 aliphatic carbocycles. The Balaban J connectivity index is 0.969. The molecule has 0 atom stereocenters. The fourth-order valence-electron chi connectivity index (χ4n) is 7.53. The van der Waals surface area contributed by atoms with Crippen molar-refractivity contribution in [2.45, 2.75) is 54.0 Å². The first-order valence-electron chi connectivity index (χ1n) is 18.8. The number of rotatable bonds is 13. The van der Waals surface area contributed by atoms with Gasteiger partial charge in [0.15, 0.2) is 0 Å². The van der Waals surface area contributed by atoms with Gasteiger partial charge in [0.2, 0.25) is 0 Å². The molecule has 2 aliphatic rings.